The Morgan fingerprint density at radius 2 is 2.67 bits per heavy atom. The highest BCUT2D eigenvalue weighted by atomic mass is 16.1. The van der Waals surface area contributed by atoms with E-state index >= 15 is 0 Å². The van der Waals surface area contributed by atoms with E-state index in [1.54, 1.807) is 12.3 Å². The molecular weight excluding hydrogens is 116 g/mol. The van der Waals surface area contributed by atoms with Crippen LogP contribution >= 0.6 is 0 Å². The van der Waals surface area contributed by atoms with E-state index in [0.29, 0.717) is 5.69 Å². The quantitative estimate of drug-likeness (QED) is 0.569. The predicted molar refractivity (Wildman–Crippen MR) is 33.9 cm³/mol. The highest BCUT2D eigenvalue weighted by Crippen LogP contribution is 2.00. The van der Waals surface area contributed by atoms with Crippen molar-refractivity contribution in [3.05, 3.63) is 18.5 Å². The van der Waals surface area contributed by atoms with Gasteiger partial charge in [-0.25, -0.2) is 0 Å². The number of nitrogens with one attached hydrogen (secondary N) is 2. The van der Waals surface area contributed by atoms with Crippen LogP contribution in [0.4, 0.5) is 5.69 Å². The van der Waals surface area contributed by atoms with Crippen LogP contribution in [0.25, 0.3) is 0 Å². The largest absolute Gasteiger partial charge is 0.358 e. The first-order valence-corrected chi connectivity index (χ1v) is 2.61. The lowest BCUT2D eigenvalue weighted by atomic mass is 10.5. The second-order valence-corrected chi connectivity index (χ2v) is 1.70. The molecule has 0 aliphatic carbocycles. The van der Waals surface area contributed by atoms with Crippen molar-refractivity contribution in [2.45, 2.75) is 6.92 Å². The van der Waals surface area contributed by atoms with Gasteiger partial charge < -0.3 is 10.3 Å². The first-order valence-electron chi connectivity index (χ1n) is 2.61. The van der Waals surface area contributed by atoms with Gasteiger partial charge in [-0.3, -0.25) is 4.79 Å². The third kappa shape index (κ3) is 1.60. The molecule has 1 rings (SSSR count). The summed E-state index contributed by atoms with van der Waals surface area (Å²) in [4.78, 5) is 13.1. The average Bonchev–Trinajstić information content (AvgIpc) is 2.15. The van der Waals surface area contributed by atoms with Crippen LogP contribution < -0.4 is 5.32 Å². The molecule has 1 heterocycles. The minimum absolute atomic E-state index is 0.0779. The number of aromatic amines is 1. The number of amides is 1. The molecule has 1 radical (unpaired) electrons. The molecular formula is C6H7N2O. The monoisotopic (exact) mass is 123 g/mol. The molecule has 0 fully saturated rings. The number of hydrogen-bond donors (Lipinski definition) is 2. The number of H-pyrrole nitrogens is 1. The lowest BCUT2D eigenvalue weighted by molar-refractivity contribution is -0.114. The molecule has 1 aromatic rings. The molecule has 0 aliphatic rings. The second-order valence-electron chi connectivity index (χ2n) is 1.70. The fraction of sp³-hybridized carbons (Fsp3) is 0.167. The van der Waals surface area contributed by atoms with Crippen LogP contribution in [0, 0.1) is 6.20 Å². The highest BCUT2D eigenvalue weighted by Gasteiger charge is 1.92. The molecule has 9 heavy (non-hydrogen) atoms. The zero-order valence-electron chi connectivity index (χ0n) is 5.06. The van der Waals surface area contributed by atoms with Crippen molar-refractivity contribution >= 4 is 11.6 Å². The molecule has 0 aromatic carbocycles. The fourth-order valence-electron chi connectivity index (χ4n) is 0.549. The summed E-state index contributed by atoms with van der Waals surface area (Å²) in [6.45, 7) is 1.46. The van der Waals surface area contributed by atoms with E-state index in [2.05, 4.69) is 16.5 Å². The number of carbonyl (C=O) groups is 1. The van der Waals surface area contributed by atoms with Crippen LogP contribution in [0.5, 0.6) is 0 Å². The summed E-state index contributed by atoms with van der Waals surface area (Å²) in [5.41, 5.74) is 0.683. The molecule has 2 N–H and O–H groups in total. The zero-order chi connectivity index (χ0) is 6.69. The molecule has 0 spiro atoms. The molecule has 0 saturated carbocycles. The second kappa shape index (κ2) is 2.35. The predicted octanol–water partition coefficient (Wildman–Crippen LogP) is 0.773. The maximum Gasteiger partial charge on any atom is 0.221 e. The number of carbonyl (C=O) groups excluding carboxylic acids is 1. The van der Waals surface area contributed by atoms with E-state index in [1.165, 1.54) is 6.92 Å². The Morgan fingerprint density at radius 3 is 3.11 bits per heavy atom. The van der Waals surface area contributed by atoms with E-state index in [9.17, 15) is 4.79 Å². The summed E-state index contributed by atoms with van der Waals surface area (Å²) in [7, 11) is 0. The van der Waals surface area contributed by atoms with Crippen LogP contribution in [-0.2, 0) is 4.79 Å². The smallest absolute Gasteiger partial charge is 0.221 e. The van der Waals surface area contributed by atoms with E-state index < -0.39 is 0 Å². The molecule has 0 unspecified atom stereocenters. The molecule has 1 aromatic heterocycles. The molecule has 1 amide bonds. The van der Waals surface area contributed by atoms with Gasteiger partial charge in [-0.05, 0) is 6.07 Å². The van der Waals surface area contributed by atoms with Gasteiger partial charge in [0.05, 0.1) is 11.9 Å². The number of anilines is 1. The Hall–Kier alpha value is -1.25. The van der Waals surface area contributed by atoms with Gasteiger partial charge in [-0.2, -0.15) is 0 Å². The lowest BCUT2D eigenvalue weighted by Crippen LogP contribution is -2.04. The summed E-state index contributed by atoms with van der Waals surface area (Å²) in [5.74, 6) is -0.0779. The van der Waals surface area contributed by atoms with Crippen molar-refractivity contribution in [1.29, 1.82) is 0 Å². The summed E-state index contributed by atoms with van der Waals surface area (Å²) >= 11 is 0. The highest BCUT2D eigenvalue weighted by molar-refractivity contribution is 5.88. The van der Waals surface area contributed by atoms with E-state index in [0.717, 1.165) is 0 Å². The average molecular weight is 123 g/mol. The normalized spacial score (nSPS) is 9.00. The van der Waals surface area contributed by atoms with Gasteiger partial charge in [-0.15, -0.1) is 0 Å². The van der Waals surface area contributed by atoms with Crippen LogP contribution in [0.1, 0.15) is 6.92 Å². The van der Waals surface area contributed by atoms with Gasteiger partial charge in [0.25, 0.3) is 0 Å². The Labute approximate surface area is 53.1 Å². The Bertz CT molecular complexity index is 191. The summed E-state index contributed by atoms with van der Waals surface area (Å²) in [5, 5.41) is 2.56. The van der Waals surface area contributed by atoms with Crippen molar-refractivity contribution in [2.75, 3.05) is 5.32 Å². The topological polar surface area (TPSA) is 44.9 Å². The van der Waals surface area contributed by atoms with Crippen molar-refractivity contribution in [1.82, 2.24) is 4.98 Å². The maximum absolute atomic E-state index is 10.4. The van der Waals surface area contributed by atoms with Gasteiger partial charge in [0.2, 0.25) is 5.91 Å². The van der Waals surface area contributed by atoms with Crippen molar-refractivity contribution in [3.63, 3.8) is 0 Å². The van der Waals surface area contributed by atoms with E-state index in [-0.39, 0.29) is 5.91 Å². The van der Waals surface area contributed by atoms with Gasteiger partial charge in [0, 0.05) is 13.1 Å². The van der Waals surface area contributed by atoms with Crippen molar-refractivity contribution < 1.29 is 4.79 Å². The van der Waals surface area contributed by atoms with Gasteiger partial charge in [0.1, 0.15) is 0 Å². The standard InChI is InChI=1S/C6H7N2O/c1-5(9)8-6-2-3-7-4-6/h2-3,7H,1H3,(H,8,9). The maximum atomic E-state index is 10.4. The van der Waals surface area contributed by atoms with Gasteiger partial charge in [-0.1, -0.05) is 0 Å². The van der Waals surface area contributed by atoms with Crippen LogP contribution in [0.15, 0.2) is 12.3 Å². The Morgan fingerprint density at radius 1 is 1.89 bits per heavy atom. The molecule has 3 heteroatoms. The number of rotatable bonds is 1. The SMILES string of the molecule is CC(=O)Nc1[c][nH]cc1. The summed E-state index contributed by atoms with van der Waals surface area (Å²) in [6, 6.07) is 1.74. The van der Waals surface area contributed by atoms with Gasteiger partial charge in [0.15, 0.2) is 0 Å². The lowest BCUT2D eigenvalue weighted by Gasteiger charge is -1.92. The number of hydrogen-bond acceptors (Lipinski definition) is 1. The molecule has 47 valence electrons. The van der Waals surface area contributed by atoms with Crippen LogP contribution in [0.3, 0.4) is 0 Å². The zero-order valence-corrected chi connectivity index (χ0v) is 5.06. The molecule has 0 bridgehead atoms. The molecule has 0 atom stereocenters. The van der Waals surface area contributed by atoms with Crippen molar-refractivity contribution in [2.24, 2.45) is 0 Å². The first-order chi connectivity index (χ1) is 4.29. The minimum atomic E-state index is -0.0779. The Balaban J connectivity index is 2.58. The summed E-state index contributed by atoms with van der Waals surface area (Å²) in [6.07, 6.45) is 4.41. The van der Waals surface area contributed by atoms with E-state index in [1.807, 2.05) is 0 Å². The third-order valence-corrected chi connectivity index (χ3v) is 0.851. The fourth-order valence-corrected chi connectivity index (χ4v) is 0.549. The first kappa shape index (κ1) is 5.88. The summed E-state index contributed by atoms with van der Waals surface area (Å²) < 4.78 is 0. The molecule has 3 nitrogen and oxygen atoms in total. The molecule has 0 saturated heterocycles. The van der Waals surface area contributed by atoms with E-state index in [4.69, 9.17) is 0 Å². The van der Waals surface area contributed by atoms with Crippen molar-refractivity contribution in [3.8, 4) is 0 Å². The number of aromatic nitrogens is 1. The molecule has 0 aliphatic heterocycles. The van der Waals surface area contributed by atoms with Crippen LogP contribution in [-0.4, -0.2) is 10.9 Å². The third-order valence-electron chi connectivity index (χ3n) is 0.851. The van der Waals surface area contributed by atoms with Crippen LogP contribution in [0.2, 0.25) is 0 Å². The van der Waals surface area contributed by atoms with Gasteiger partial charge >= 0.3 is 0 Å². The minimum Gasteiger partial charge on any atom is -0.358 e. The Kier molecular flexibility index (Phi) is 1.53.